The van der Waals surface area contributed by atoms with Crippen LogP contribution in [0.4, 0.5) is 15.8 Å². The van der Waals surface area contributed by atoms with Crippen molar-refractivity contribution in [2.45, 2.75) is 6.92 Å². The number of hydrogen-bond acceptors (Lipinski definition) is 3. The van der Waals surface area contributed by atoms with Gasteiger partial charge in [-0.3, -0.25) is 10.9 Å². The topological polar surface area (TPSA) is 45.3 Å². The summed E-state index contributed by atoms with van der Waals surface area (Å²) in [6, 6.07) is 12.2. The smallest absolute Gasteiger partial charge is 0.189 e. The molecule has 0 amide bonds. The minimum Gasteiger partial charge on any atom is -0.497 e. The normalized spacial score (nSPS) is 9.86. The van der Waals surface area contributed by atoms with E-state index in [1.165, 1.54) is 6.07 Å². The number of anilines is 2. The van der Waals surface area contributed by atoms with E-state index in [0.29, 0.717) is 16.4 Å². The van der Waals surface area contributed by atoms with Gasteiger partial charge in [-0.1, -0.05) is 12.1 Å². The molecule has 2 aromatic rings. The zero-order valence-corrected chi connectivity index (χ0v) is 12.6. The molecule has 0 bridgehead atoms. The molecular weight excluding hydrogens is 289 g/mol. The van der Waals surface area contributed by atoms with Gasteiger partial charge < -0.3 is 10.1 Å². The summed E-state index contributed by atoms with van der Waals surface area (Å²) in [6.07, 6.45) is 0. The maximum Gasteiger partial charge on any atom is 0.189 e. The molecule has 0 heterocycles. The van der Waals surface area contributed by atoms with Crippen LogP contribution in [0.3, 0.4) is 0 Å². The quantitative estimate of drug-likeness (QED) is 0.596. The zero-order valence-electron chi connectivity index (χ0n) is 11.7. The predicted molar refractivity (Wildman–Crippen MR) is 87.1 cm³/mol. The monoisotopic (exact) mass is 305 g/mol. The Balaban J connectivity index is 1.91. The Hall–Kier alpha value is -2.34. The lowest BCUT2D eigenvalue weighted by Crippen LogP contribution is -2.33. The fourth-order valence-electron chi connectivity index (χ4n) is 1.66. The molecule has 3 N–H and O–H groups in total. The second-order valence-electron chi connectivity index (χ2n) is 4.40. The molecule has 0 aromatic heterocycles. The Morgan fingerprint density at radius 1 is 1.14 bits per heavy atom. The minimum absolute atomic E-state index is 0.274. The van der Waals surface area contributed by atoms with Crippen molar-refractivity contribution in [2.75, 3.05) is 17.9 Å². The van der Waals surface area contributed by atoms with Gasteiger partial charge in [0.25, 0.3) is 0 Å². The first kappa shape index (κ1) is 15.1. The van der Waals surface area contributed by atoms with Gasteiger partial charge in [-0.15, -0.1) is 0 Å². The van der Waals surface area contributed by atoms with Crippen LogP contribution < -0.4 is 20.9 Å². The minimum atomic E-state index is -0.274. The maximum absolute atomic E-state index is 13.4. The molecule has 0 atom stereocenters. The zero-order chi connectivity index (χ0) is 15.2. The van der Waals surface area contributed by atoms with Gasteiger partial charge in [0.1, 0.15) is 11.6 Å². The Bertz CT molecular complexity index is 649. The number of aryl methyl sites for hydroxylation is 1. The van der Waals surface area contributed by atoms with Gasteiger partial charge in [-0.25, -0.2) is 4.39 Å². The molecule has 0 spiro atoms. The number of benzene rings is 2. The SMILES string of the molecule is COc1cccc(NNC(=S)Nc2ccc(C)c(F)c2)c1. The van der Waals surface area contributed by atoms with Crippen LogP contribution in [-0.4, -0.2) is 12.2 Å². The third-order valence-electron chi connectivity index (χ3n) is 2.82. The van der Waals surface area contributed by atoms with E-state index in [9.17, 15) is 4.39 Å². The Labute approximate surface area is 128 Å². The fourth-order valence-corrected chi connectivity index (χ4v) is 1.83. The number of hydrogen-bond donors (Lipinski definition) is 3. The highest BCUT2D eigenvalue weighted by Crippen LogP contribution is 2.16. The molecule has 4 nitrogen and oxygen atoms in total. The van der Waals surface area contributed by atoms with Gasteiger partial charge in [0.15, 0.2) is 5.11 Å². The molecule has 0 saturated carbocycles. The molecule has 0 radical (unpaired) electrons. The van der Waals surface area contributed by atoms with Crippen LogP contribution in [0.15, 0.2) is 42.5 Å². The average molecular weight is 305 g/mol. The van der Waals surface area contributed by atoms with Gasteiger partial charge in [-0.05, 0) is 49.0 Å². The summed E-state index contributed by atoms with van der Waals surface area (Å²) in [4.78, 5) is 0. The van der Waals surface area contributed by atoms with E-state index in [1.807, 2.05) is 24.3 Å². The van der Waals surface area contributed by atoms with Crippen molar-refractivity contribution in [3.8, 4) is 5.75 Å². The molecule has 0 aliphatic heterocycles. The van der Waals surface area contributed by atoms with Crippen LogP contribution in [0.5, 0.6) is 5.75 Å². The lowest BCUT2D eigenvalue weighted by molar-refractivity contribution is 0.415. The molecule has 110 valence electrons. The standard InChI is InChI=1S/C15H16FN3OS/c1-10-6-7-11(9-14(10)16)17-15(21)19-18-12-4-3-5-13(8-12)20-2/h3-9,18H,1-2H3,(H2,17,19,21). The van der Waals surface area contributed by atoms with Crippen LogP contribution in [0.1, 0.15) is 5.56 Å². The van der Waals surface area contributed by atoms with Gasteiger partial charge in [0.2, 0.25) is 0 Å². The van der Waals surface area contributed by atoms with E-state index in [1.54, 1.807) is 26.2 Å². The number of nitrogens with one attached hydrogen (secondary N) is 3. The van der Waals surface area contributed by atoms with Crippen molar-refractivity contribution < 1.29 is 9.13 Å². The molecule has 0 fully saturated rings. The molecular formula is C15H16FN3OS. The van der Waals surface area contributed by atoms with E-state index in [0.717, 1.165) is 11.4 Å². The van der Waals surface area contributed by atoms with Crippen LogP contribution >= 0.6 is 12.2 Å². The molecule has 0 aliphatic carbocycles. The van der Waals surface area contributed by atoms with Gasteiger partial charge in [0, 0.05) is 11.8 Å². The predicted octanol–water partition coefficient (Wildman–Crippen LogP) is 3.46. The molecule has 0 saturated heterocycles. The highest BCUT2D eigenvalue weighted by molar-refractivity contribution is 7.80. The van der Waals surface area contributed by atoms with E-state index in [4.69, 9.17) is 17.0 Å². The summed E-state index contributed by atoms with van der Waals surface area (Å²) in [5, 5.41) is 3.23. The first-order valence-corrected chi connectivity index (χ1v) is 6.72. The molecule has 2 aromatic carbocycles. The second-order valence-corrected chi connectivity index (χ2v) is 4.81. The van der Waals surface area contributed by atoms with E-state index < -0.39 is 0 Å². The van der Waals surface area contributed by atoms with Crippen molar-refractivity contribution in [3.05, 3.63) is 53.8 Å². The third-order valence-corrected chi connectivity index (χ3v) is 3.02. The Morgan fingerprint density at radius 2 is 1.95 bits per heavy atom. The molecule has 0 unspecified atom stereocenters. The lowest BCUT2D eigenvalue weighted by Gasteiger charge is -2.13. The molecule has 21 heavy (non-hydrogen) atoms. The Kier molecular flexibility index (Phi) is 4.94. The van der Waals surface area contributed by atoms with E-state index in [-0.39, 0.29) is 5.82 Å². The molecule has 2 rings (SSSR count). The summed E-state index contributed by atoms with van der Waals surface area (Å²) < 4.78 is 18.6. The molecule has 0 aliphatic rings. The summed E-state index contributed by atoms with van der Waals surface area (Å²) >= 11 is 5.13. The maximum atomic E-state index is 13.4. The number of rotatable bonds is 4. The van der Waals surface area contributed by atoms with Crippen molar-refractivity contribution in [1.82, 2.24) is 5.43 Å². The first-order chi connectivity index (χ1) is 10.1. The summed E-state index contributed by atoms with van der Waals surface area (Å²) in [6.45, 7) is 1.71. The number of hydrazine groups is 1. The van der Waals surface area contributed by atoms with Crippen molar-refractivity contribution in [2.24, 2.45) is 0 Å². The van der Waals surface area contributed by atoms with Crippen LogP contribution in [-0.2, 0) is 0 Å². The third kappa shape index (κ3) is 4.32. The summed E-state index contributed by atoms with van der Waals surface area (Å²) in [7, 11) is 1.60. The van der Waals surface area contributed by atoms with Gasteiger partial charge >= 0.3 is 0 Å². The lowest BCUT2D eigenvalue weighted by atomic mass is 10.2. The highest BCUT2D eigenvalue weighted by Gasteiger charge is 2.02. The largest absolute Gasteiger partial charge is 0.497 e. The van der Waals surface area contributed by atoms with Crippen LogP contribution in [0, 0.1) is 12.7 Å². The van der Waals surface area contributed by atoms with Gasteiger partial charge in [0.05, 0.1) is 12.8 Å². The number of thiocarbonyl (C=S) groups is 1. The average Bonchev–Trinajstić information content (AvgIpc) is 2.49. The van der Waals surface area contributed by atoms with Crippen molar-refractivity contribution in [1.29, 1.82) is 0 Å². The summed E-state index contributed by atoms with van der Waals surface area (Å²) in [5.41, 5.74) is 7.74. The van der Waals surface area contributed by atoms with E-state index >= 15 is 0 Å². The van der Waals surface area contributed by atoms with Crippen LogP contribution in [0.25, 0.3) is 0 Å². The highest BCUT2D eigenvalue weighted by atomic mass is 32.1. The van der Waals surface area contributed by atoms with Gasteiger partial charge in [-0.2, -0.15) is 0 Å². The first-order valence-electron chi connectivity index (χ1n) is 6.31. The molecule has 6 heteroatoms. The number of methoxy groups -OCH3 is 1. The summed E-state index contributed by atoms with van der Waals surface area (Å²) in [5.74, 6) is 0.463. The fraction of sp³-hybridized carbons (Fsp3) is 0.133. The van der Waals surface area contributed by atoms with Crippen LogP contribution in [0.2, 0.25) is 0 Å². The van der Waals surface area contributed by atoms with Crippen molar-refractivity contribution >= 4 is 28.7 Å². The number of halogens is 1. The number of ether oxygens (including phenoxy) is 1. The Morgan fingerprint density at radius 3 is 2.67 bits per heavy atom. The van der Waals surface area contributed by atoms with E-state index in [2.05, 4.69) is 16.2 Å². The second kappa shape index (κ2) is 6.90. The van der Waals surface area contributed by atoms with Crippen molar-refractivity contribution in [3.63, 3.8) is 0 Å².